The first-order valence-corrected chi connectivity index (χ1v) is 10.8. The molecular weight excluding hydrogens is 376 g/mol. The zero-order valence-electron chi connectivity index (χ0n) is 16.9. The molecule has 0 aliphatic carbocycles. The van der Waals surface area contributed by atoms with Gasteiger partial charge in [0.25, 0.3) is 0 Å². The van der Waals surface area contributed by atoms with Gasteiger partial charge in [-0.05, 0) is 49.7 Å². The quantitative estimate of drug-likeness (QED) is 0.449. The van der Waals surface area contributed by atoms with Gasteiger partial charge in [0.15, 0.2) is 0 Å². The molecule has 0 radical (unpaired) electrons. The summed E-state index contributed by atoms with van der Waals surface area (Å²) >= 11 is 1.86. The fraction of sp³-hybridized carbons (Fsp3) is 0.524. The number of carbonyl (C=O) groups is 2. The van der Waals surface area contributed by atoms with Crippen LogP contribution < -0.4 is 5.32 Å². The molecule has 156 valence electrons. The molecule has 28 heavy (non-hydrogen) atoms. The van der Waals surface area contributed by atoms with Gasteiger partial charge in [-0.15, -0.1) is 11.8 Å². The lowest BCUT2D eigenvalue weighted by atomic mass is 10.0. The molecule has 1 saturated heterocycles. The summed E-state index contributed by atoms with van der Waals surface area (Å²) in [5.74, 6) is -1.79. The van der Waals surface area contributed by atoms with E-state index in [0.717, 1.165) is 18.5 Å². The number of thioether (sulfide) groups is 1. The van der Waals surface area contributed by atoms with Crippen molar-refractivity contribution in [2.24, 2.45) is 5.92 Å². The first kappa shape index (κ1) is 24.2. The van der Waals surface area contributed by atoms with E-state index in [9.17, 15) is 9.59 Å². The number of nitrogens with zero attached hydrogens (tertiary/aromatic N) is 1. The number of piperidine rings is 1. The van der Waals surface area contributed by atoms with Crippen molar-refractivity contribution >= 4 is 23.7 Å². The predicted octanol–water partition coefficient (Wildman–Crippen LogP) is 3.33. The van der Waals surface area contributed by atoms with Crippen LogP contribution >= 0.6 is 11.8 Å². The van der Waals surface area contributed by atoms with E-state index in [1.165, 1.54) is 42.9 Å². The van der Waals surface area contributed by atoms with Crippen LogP contribution in [0.1, 0.15) is 32.3 Å². The average Bonchev–Trinajstić information content (AvgIpc) is 2.67. The molecule has 1 aliphatic rings. The molecule has 0 spiro atoms. The Hall–Kier alpha value is -1.83. The van der Waals surface area contributed by atoms with Crippen LogP contribution in [0, 0.1) is 5.92 Å². The standard InChI is InChI=1S/C17H28N2S.C4H4O4/c1-14(2)12-19(16-8-10-18-11-9-16)13-15-6-4-5-7-17(15)20-3;5-3(6)1-2-4(7)8/h4-7,14,16,18H,8-13H2,1-3H3;1-2H,(H,5,6)(H,7,8). The van der Waals surface area contributed by atoms with Gasteiger partial charge in [-0.3, -0.25) is 4.90 Å². The lowest BCUT2D eigenvalue weighted by Gasteiger charge is -2.36. The fourth-order valence-electron chi connectivity index (χ4n) is 3.18. The molecule has 2 rings (SSSR count). The first-order valence-electron chi connectivity index (χ1n) is 9.54. The minimum absolute atomic E-state index is 0.558. The monoisotopic (exact) mass is 408 g/mol. The van der Waals surface area contributed by atoms with Crippen molar-refractivity contribution in [3.05, 3.63) is 42.0 Å². The molecule has 0 unspecified atom stereocenters. The molecule has 6 nitrogen and oxygen atoms in total. The number of aliphatic carboxylic acids is 2. The number of carboxylic acids is 2. The van der Waals surface area contributed by atoms with Gasteiger partial charge in [0.1, 0.15) is 0 Å². The smallest absolute Gasteiger partial charge is 0.328 e. The summed E-state index contributed by atoms with van der Waals surface area (Å²) in [5, 5.41) is 19.1. The largest absolute Gasteiger partial charge is 0.478 e. The van der Waals surface area contributed by atoms with Crippen LogP contribution in [-0.2, 0) is 16.1 Å². The SMILES string of the molecule is CSc1ccccc1CN(CC(C)C)C1CCNCC1.O=C(O)C=CC(=O)O. The van der Waals surface area contributed by atoms with Crippen molar-refractivity contribution in [2.45, 2.75) is 44.2 Å². The summed E-state index contributed by atoms with van der Waals surface area (Å²) < 4.78 is 0. The molecule has 1 aromatic carbocycles. The van der Waals surface area contributed by atoms with E-state index in [4.69, 9.17) is 10.2 Å². The van der Waals surface area contributed by atoms with Crippen LogP contribution in [0.2, 0.25) is 0 Å². The molecule has 1 fully saturated rings. The van der Waals surface area contributed by atoms with Gasteiger partial charge in [0, 0.05) is 36.2 Å². The second-order valence-corrected chi connectivity index (χ2v) is 7.97. The zero-order valence-corrected chi connectivity index (χ0v) is 17.7. The molecular formula is C21H32N2O4S. The highest BCUT2D eigenvalue weighted by Gasteiger charge is 2.22. The Labute approximate surface area is 172 Å². The van der Waals surface area contributed by atoms with Crippen LogP contribution in [0.25, 0.3) is 0 Å². The zero-order chi connectivity index (χ0) is 20.9. The lowest BCUT2D eigenvalue weighted by Crippen LogP contribution is -2.44. The van der Waals surface area contributed by atoms with E-state index in [1.54, 1.807) is 0 Å². The van der Waals surface area contributed by atoms with Crippen LogP contribution in [0.15, 0.2) is 41.3 Å². The van der Waals surface area contributed by atoms with Gasteiger partial charge in [-0.2, -0.15) is 0 Å². The molecule has 0 saturated carbocycles. The van der Waals surface area contributed by atoms with Crippen molar-refractivity contribution in [3.8, 4) is 0 Å². The third kappa shape index (κ3) is 9.92. The number of hydrogen-bond acceptors (Lipinski definition) is 5. The Kier molecular flexibility index (Phi) is 11.6. The number of nitrogens with one attached hydrogen (secondary N) is 1. The average molecular weight is 409 g/mol. The van der Waals surface area contributed by atoms with Gasteiger partial charge >= 0.3 is 11.9 Å². The van der Waals surface area contributed by atoms with E-state index in [0.29, 0.717) is 12.2 Å². The van der Waals surface area contributed by atoms with Crippen LogP contribution in [0.3, 0.4) is 0 Å². The number of carboxylic acid groups (broad SMARTS) is 2. The number of benzene rings is 1. The molecule has 0 bridgehead atoms. The molecule has 7 heteroatoms. The van der Waals surface area contributed by atoms with E-state index >= 15 is 0 Å². The highest BCUT2D eigenvalue weighted by molar-refractivity contribution is 7.98. The maximum Gasteiger partial charge on any atom is 0.328 e. The Morgan fingerprint density at radius 1 is 1.18 bits per heavy atom. The van der Waals surface area contributed by atoms with E-state index in [1.807, 2.05) is 11.8 Å². The predicted molar refractivity (Wildman–Crippen MR) is 114 cm³/mol. The number of hydrogen-bond donors (Lipinski definition) is 3. The molecule has 0 aromatic heterocycles. The summed E-state index contributed by atoms with van der Waals surface area (Å²) in [7, 11) is 0. The second kappa shape index (κ2) is 13.4. The fourth-order valence-corrected chi connectivity index (χ4v) is 3.79. The van der Waals surface area contributed by atoms with Crippen LogP contribution in [-0.4, -0.2) is 59.0 Å². The van der Waals surface area contributed by atoms with Crippen LogP contribution in [0.5, 0.6) is 0 Å². The Bertz CT molecular complexity index is 627. The molecule has 1 aliphatic heterocycles. The van der Waals surface area contributed by atoms with E-state index in [2.05, 4.69) is 54.6 Å². The summed E-state index contributed by atoms with van der Waals surface area (Å²) in [6.45, 7) is 9.29. The van der Waals surface area contributed by atoms with Crippen molar-refractivity contribution in [1.29, 1.82) is 0 Å². The van der Waals surface area contributed by atoms with E-state index in [-0.39, 0.29) is 0 Å². The second-order valence-electron chi connectivity index (χ2n) is 7.13. The lowest BCUT2D eigenvalue weighted by molar-refractivity contribution is -0.134. The minimum atomic E-state index is -1.26. The molecule has 0 atom stereocenters. The summed E-state index contributed by atoms with van der Waals surface area (Å²) in [6, 6.07) is 9.60. The molecule has 1 aromatic rings. The van der Waals surface area contributed by atoms with Crippen LogP contribution in [0.4, 0.5) is 0 Å². The first-order chi connectivity index (χ1) is 13.3. The highest BCUT2D eigenvalue weighted by Crippen LogP contribution is 2.24. The molecule has 0 amide bonds. The number of rotatable bonds is 8. The highest BCUT2D eigenvalue weighted by atomic mass is 32.2. The van der Waals surface area contributed by atoms with Crippen molar-refractivity contribution in [3.63, 3.8) is 0 Å². The third-order valence-electron chi connectivity index (χ3n) is 4.36. The summed E-state index contributed by atoms with van der Waals surface area (Å²) in [4.78, 5) is 23.2. The van der Waals surface area contributed by atoms with Gasteiger partial charge in [0.05, 0.1) is 0 Å². The van der Waals surface area contributed by atoms with Crippen molar-refractivity contribution in [1.82, 2.24) is 10.2 Å². The third-order valence-corrected chi connectivity index (χ3v) is 5.20. The normalized spacial score (nSPS) is 14.9. The van der Waals surface area contributed by atoms with Gasteiger partial charge in [-0.1, -0.05) is 32.0 Å². The Balaban J connectivity index is 0.000000416. The Morgan fingerprint density at radius 3 is 2.25 bits per heavy atom. The topological polar surface area (TPSA) is 89.9 Å². The van der Waals surface area contributed by atoms with Gasteiger partial charge in [0.2, 0.25) is 0 Å². The minimum Gasteiger partial charge on any atom is -0.478 e. The molecule has 3 N–H and O–H groups in total. The summed E-state index contributed by atoms with van der Waals surface area (Å²) in [5.41, 5.74) is 1.49. The van der Waals surface area contributed by atoms with Gasteiger partial charge in [-0.25, -0.2) is 9.59 Å². The summed E-state index contributed by atoms with van der Waals surface area (Å²) in [6.07, 6.45) is 5.86. The van der Waals surface area contributed by atoms with Crippen molar-refractivity contribution in [2.75, 3.05) is 25.9 Å². The maximum absolute atomic E-state index is 9.55. The van der Waals surface area contributed by atoms with E-state index < -0.39 is 11.9 Å². The Morgan fingerprint density at radius 2 is 1.75 bits per heavy atom. The van der Waals surface area contributed by atoms with Gasteiger partial charge < -0.3 is 15.5 Å². The maximum atomic E-state index is 9.55. The van der Waals surface area contributed by atoms with Crippen molar-refractivity contribution < 1.29 is 19.8 Å². The molecule has 1 heterocycles.